The molecule has 1 atom stereocenters. The molecule has 0 unspecified atom stereocenters. The van der Waals surface area contributed by atoms with E-state index >= 15 is 0 Å². The molecule has 0 saturated carbocycles. The summed E-state index contributed by atoms with van der Waals surface area (Å²) in [6, 6.07) is 19.7. The Bertz CT molecular complexity index is 807. The molecule has 3 nitrogen and oxygen atoms in total. The third-order valence-corrected chi connectivity index (χ3v) is 4.34. The van der Waals surface area contributed by atoms with Crippen molar-refractivity contribution in [3.63, 3.8) is 0 Å². The van der Waals surface area contributed by atoms with Crippen molar-refractivity contribution in [3.05, 3.63) is 89.7 Å². The van der Waals surface area contributed by atoms with Crippen molar-refractivity contribution < 1.29 is 4.79 Å². The molecule has 1 aromatic heterocycles. The second kappa shape index (κ2) is 7.18. The Morgan fingerprint density at radius 3 is 2.33 bits per heavy atom. The highest BCUT2D eigenvalue weighted by molar-refractivity contribution is 5.94. The highest BCUT2D eigenvalue weighted by Crippen LogP contribution is 2.19. The molecule has 0 aliphatic heterocycles. The van der Waals surface area contributed by atoms with Crippen LogP contribution in [-0.2, 0) is 11.2 Å². The molecule has 1 amide bonds. The lowest BCUT2D eigenvalue weighted by molar-refractivity contribution is -0.119. The fraction of sp³-hybridized carbons (Fsp3) is 0.190. The number of carbonyl (C=O) groups excluding carboxylic acids is 1. The highest BCUT2D eigenvalue weighted by Gasteiger charge is 2.20. The van der Waals surface area contributed by atoms with Gasteiger partial charge in [-0.2, -0.15) is 0 Å². The van der Waals surface area contributed by atoms with Crippen molar-refractivity contribution >= 4 is 11.6 Å². The molecule has 0 aliphatic rings. The summed E-state index contributed by atoms with van der Waals surface area (Å²) in [5.74, 6) is -0.00157. The van der Waals surface area contributed by atoms with Crippen LogP contribution in [-0.4, -0.2) is 10.5 Å². The van der Waals surface area contributed by atoms with Crippen LogP contribution in [0.15, 0.2) is 73.1 Å². The summed E-state index contributed by atoms with van der Waals surface area (Å²) in [5.41, 5.74) is 4.38. The third-order valence-electron chi connectivity index (χ3n) is 4.34. The monoisotopic (exact) mass is 318 g/mol. The lowest BCUT2D eigenvalue weighted by atomic mass is 10.0. The summed E-state index contributed by atoms with van der Waals surface area (Å²) in [4.78, 5) is 12.9. The van der Waals surface area contributed by atoms with E-state index in [0.29, 0.717) is 6.42 Å². The summed E-state index contributed by atoms with van der Waals surface area (Å²) in [6.45, 7) is 4.12. The highest BCUT2D eigenvalue weighted by atomic mass is 16.2. The van der Waals surface area contributed by atoms with Gasteiger partial charge in [0.1, 0.15) is 6.04 Å². The SMILES string of the molecule is Cc1ccc(NC(=O)[C@H](Cc2ccccc2)n2cccc2)cc1C. The van der Waals surface area contributed by atoms with E-state index in [4.69, 9.17) is 0 Å². The second-order valence-electron chi connectivity index (χ2n) is 6.12. The average Bonchev–Trinajstić information content (AvgIpc) is 3.11. The lowest BCUT2D eigenvalue weighted by Crippen LogP contribution is -2.27. The maximum absolute atomic E-state index is 12.9. The Labute approximate surface area is 143 Å². The zero-order chi connectivity index (χ0) is 16.9. The number of aromatic nitrogens is 1. The van der Waals surface area contributed by atoms with Crippen LogP contribution in [0.5, 0.6) is 0 Å². The van der Waals surface area contributed by atoms with Gasteiger partial charge in [-0.3, -0.25) is 4.79 Å². The van der Waals surface area contributed by atoms with Crippen molar-refractivity contribution in [1.82, 2.24) is 4.57 Å². The summed E-state index contributed by atoms with van der Waals surface area (Å²) in [7, 11) is 0. The topological polar surface area (TPSA) is 34.0 Å². The molecule has 3 rings (SSSR count). The summed E-state index contributed by atoms with van der Waals surface area (Å²) >= 11 is 0. The minimum absolute atomic E-state index is 0.00157. The lowest BCUT2D eigenvalue weighted by Gasteiger charge is -2.19. The van der Waals surface area contributed by atoms with E-state index in [1.165, 1.54) is 11.1 Å². The van der Waals surface area contributed by atoms with Gasteiger partial charge < -0.3 is 9.88 Å². The Morgan fingerprint density at radius 2 is 1.67 bits per heavy atom. The predicted octanol–water partition coefficient (Wildman–Crippen LogP) is 4.53. The molecule has 3 aromatic rings. The molecule has 122 valence electrons. The van der Waals surface area contributed by atoms with Gasteiger partial charge in [0.05, 0.1) is 0 Å². The van der Waals surface area contributed by atoms with E-state index in [1.54, 1.807) is 0 Å². The van der Waals surface area contributed by atoms with Crippen LogP contribution in [0.3, 0.4) is 0 Å². The fourth-order valence-electron chi connectivity index (χ4n) is 2.77. The van der Waals surface area contributed by atoms with Gasteiger partial charge in [0.25, 0.3) is 0 Å². The van der Waals surface area contributed by atoms with Crippen molar-refractivity contribution in [3.8, 4) is 0 Å². The first-order valence-corrected chi connectivity index (χ1v) is 8.18. The van der Waals surface area contributed by atoms with Crippen LogP contribution in [0, 0.1) is 13.8 Å². The van der Waals surface area contributed by atoms with Gasteiger partial charge in [0.2, 0.25) is 5.91 Å². The van der Waals surface area contributed by atoms with E-state index in [2.05, 4.69) is 31.3 Å². The largest absolute Gasteiger partial charge is 0.342 e. The van der Waals surface area contributed by atoms with Crippen LogP contribution < -0.4 is 5.32 Å². The molecule has 0 fully saturated rings. The van der Waals surface area contributed by atoms with Crippen LogP contribution >= 0.6 is 0 Å². The normalized spacial score (nSPS) is 11.9. The molecule has 0 aliphatic carbocycles. The first-order chi connectivity index (χ1) is 11.6. The molecule has 2 aromatic carbocycles. The molecular formula is C21H22N2O. The number of nitrogens with zero attached hydrogens (tertiary/aromatic N) is 1. The van der Waals surface area contributed by atoms with Gasteiger partial charge in [-0.05, 0) is 54.8 Å². The maximum Gasteiger partial charge on any atom is 0.247 e. The minimum Gasteiger partial charge on any atom is -0.342 e. The van der Waals surface area contributed by atoms with Crippen molar-refractivity contribution in [1.29, 1.82) is 0 Å². The summed E-state index contributed by atoms with van der Waals surface area (Å²) in [6.07, 6.45) is 4.54. The second-order valence-corrected chi connectivity index (χ2v) is 6.12. The first kappa shape index (κ1) is 16.1. The number of carbonyl (C=O) groups is 1. The maximum atomic E-state index is 12.9. The van der Waals surface area contributed by atoms with Crippen molar-refractivity contribution in [2.75, 3.05) is 5.32 Å². The number of benzene rings is 2. The summed E-state index contributed by atoms with van der Waals surface area (Å²) in [5, 5.41) is 3.06. The van der Waals surface area contributed by atoms with E-state index < -0.39 is 0 Å². The third kappa shape index (κ3) is 3.74. The number of rotatable bonds is 5. The number of nitrogens with one attached hydrogen (secondary N) is 1. The average molecular weight is 318 g/mol. The molecule has 1 N–H and O–H groups in total. The smallest absolute Gasteiger partial charge is 0.247 e. The number of aryl methyl sites for hydroxylation is 2. The Hall–Kier alpha value is -2.81. The van der Waals surface area contributed by atoms with Gasteiger partial charge in [0, 0.05) is 24.5 Å². The van der Waals surface area contributed by atoms with Crippen molar-refractivity contribution in [2.24, 2.45) is 0 Å². The standard InChI is InChI=1S/C21H22N2O/c1-16-10-11-19(14-17(16)2)22-21(24)20(23-12-6-7-13-23)15-18-8-4-3-5-9-18/h3-14,20H,15H2,1-2H3,(H,22,24)/t20-/m0/s1. The Balaban J connectivity index is 1.82. The van der Waals surface area contributed by atoms with Crippen LogP contribution in [0.2, 0.25) is 0 Å². The number of amides is 1. The number of anilines is 1. The number of hydrogen-bond donors (Lipinski definition) is 1. The van der Waals surface area contributed by atoms with E-state index in [0.717, 1.165) is 11.3 Å². The van der Waals surface area contributed by atoms with Gasteiger partial charge in [0.15, 0.2) is 0 Å². The quantitative estimate of drug-likeness (QED) is 0.737. The van der Waals surface area contributed by atoms with Crippen LogP contribution in [0.4, 0.5) is 5.69 Å². The van der Waals surface area contributed by atoms with E-state index in [-0.39, 0.29) is 11.9 Å². The molecule has 0 radical (unpaired) electrons. The van der Waals surface area contributed by atoms with Crippen LogP contribution in [0.25, 0.3) is 0 Å². The van der Waals surface area contributed by atoms with Gasteiger partial charge >= 0.3 is 0 Å². The van der Waals surface area contributed by atoms with Gasteiger partial charge in [-0.15, -0.1) is 0 Å². The molecule has 0 bridgehead atoms. The zero-order valence-electron chi connectivity index (χ0n) is 14.1. The van der Waals surface area contributed by atoms with Gasteiger partial charge in [-0.1, -0.05) is 36.4 Å². The molecule has 1 heterocycles. The fourth-order valence-corrected chi connectivity index (χ4v) is 2.77. The molecule has 3 heteroatoms. The van der Waals surface area contributed by atoms with Crippen molar-refractivity contribution in [2.45, 2.75) is 26.3 Å². The molecule has 24 heavy (non-hydrogen) atoms. The van der Waals surface area contributed by atoms with E-state index in [1.807, 2.05) is 65.5 Å². The zero-order valence-corrected chi connectivity index (χ0v) is 14.1. The predicted molar refractivity (Wildman–Crippen MR) is 98.2 cm³/mol. The Kier molecular flexibility index (Phi) is 4.80. The van der Waals surface area contributed by atoms with Crippen LogP contribution in [0.1, 0.15) is 22.7 Å². The molecular weight excluding hydrogens is 296 g/mol. The number of hydrogen-bond acceptors (Lipinski definition) is 1. The summed E-state index contributed by atoms with van der Waals surface area (Å²) < 4.78 is 1.96. The molecule has 0 spiro atoms. The first-order valence-electron chi connectivity index (χ1n) is 8.18. The molecule has 0 saturated heterocycles. The minimum atomic E-state index is -0.274. The van der Waals surface area contributed by atoms with E-state index in [9.17, 15) is 4.79 Å². The van der Waals surface area contributed by atoms with Gasteiger partial charge in [-0.25, -0.2) is 0 Å². The Morgan fingerprint density at radius 1 is 0.958 bits per heavy atom.